The summed E-state index contributed by atoms with van der Waals surface area (Å²) < 4.78 is 6.92. The molecular formula is C33H19ClO. The molecule has 1 nitrogen and oxygen atoms in total. The lowest BCUT2D eigenvalue weighted by Crippen LogP contribution is -2.32. The summed E-state index contributed by atoms with van der Waals surface area (Å²) in [6, 6.07) is 40.9. The van der Waals surface area contributed by atoms with Crippen LogP contribution in [0.4, 0.5) is 0 Å². The second-order valence-electron chi connectivity index (χ2n) is 9.39. The standard InChI is InChI=1S/C33H19ClO/c34-30-19-29-32(25-14-4-3-13-24(25)30)35-31-21-10-2-1-9-20(21)17-18-28(31)33(29)26-15-7-5-11-22(26)23-12-6-8-16-27(23)33/h1-19H. The monoisotopic (exact) mass is 466 g/mol. The molecule has 0 saturated heterocycles. The summed E-state index contributed by atoms with van der Waals surface area (Å²) in [6.07, 6.45) is 0. The Balaban J connectivity index is 1.65. The lowest BCUT2D eigenvalue weighted by atomic mass is 9.65. The summed E-state index contributed by atoms with van der Waals surface area (Å²) >= 11 is 6.98. The third-order valence-corrected chi connectivity index (χ3v) is 8.10. The quantitative estimate of drug-likeness (QED) is 0.216. The first-order valence-corrected chi connectivity index (χ1v) is 12.3. The number of hydrogen-bond acceptors (Lipinski definition) is 1. The number of halogens is 1. The van der Waals surface area contributed by atoms with Crippen molar-refractivity contribution in [1.82, 2.24) is 0 Å². The third kappa shape index (κ3) is 2.29. The van der Waals surface area contributed by atoms with Crippen molar-refractivity contribution in [2.45, 2.75) is 5.41 Å². The van der Waals surface area contributed by atoms with Crippen molar-refractivity contribution >= 4 is 33.1 Å². The van der Waals surface area contributed by atoms with Gasteiger partial charge in [-0.05, 0) is 33.7 Å². The Morgan fingerprint density at radius 3 is 1.80 bits per heavy atom. The molecule has 2 aliphatic rings. The topological polar surface area (TPSA) is 9.23 Å². The van der Waals surface area contributed by atoms with Gasteiger partial charge < -0.3 is 4.74 Å². The van der Waals surface area contributed by atoms with Crippen LogP contribution < -0.4 is 4.74 Å². The van der Waals surface area contributed by atoms with Crippen molar-refractivity contribution in [3.63, 3.8) is 0 Å². The predicted octanol–water partition coefficient (Wildman–Crippen LogP) is 9.12. The molecule has 164 valence electrons. The van der Waals surface area contributed by atoms with E-state index in [1.807, 2.05) is 6.07 Å². The molecule has 1 heterocycles. The Kier molecular flexibility index (Phi) is 3.71. The predicted molar refractivity (Wildman–Crippen MR) is 144 cm³/mol. The third-order valence-electron chi connectivity index (χ3n) is 7.79. The van der Waals surface area contributed by atoms with Crippen molar-refractivity contribution in [2.24, 2.45) is 0 Å². The summed E-state index contributed by atoms with van der Waals surface area (Å²) in [5, 5.41) is 5.08. The largest absolute Gasteiger partial charge is 0.455 e. The number of benzene rings is 6. The Morgan fingerprint density at radius 1 is 0.486 bits per heavy atom. The average molecular weight is 467 g/mol. The fourth-order valence-corrected chi connectivity index (χ4v) is 6.68. The minimum absolute atomic E-state index is 0.520. The molecule has 1 aliphatic heterocycles. The van der Waals surface area contributed by atoms with Crippen LogP contribution in [0.1, 0.15) is 22.3 Å². The Morgan fingerprint density at radius 2 is 1.06 bits per heavy atom. The minimum atomic E-state index is -0.520. The van der Waals surface area contributed by atoms with Gasteiger partial charge in [0.1, 0.15) is 11.5 Å². The van der Waals surface area contributed by atoms with E-state index in [4.69, 9.17) is 16.3 Å². The fraction of sp³-hybridized carbons (Fsp3) is 0.0303. The van der Waals surface area contributed by atoms with Crippen LogP contribution in [0.3, 0.4) is 0 Å². The van der Waals surface area contributed by atoms with Crippen LogP contribution in [0.5, 0.6) is 11.5 Å². The normalized spacial score (nSPS) is 14.3. The number of fused-ring (bicyclic) bond motifs is 13. The van der Waals surface area contributed by atoms with Gasteiger partial charge in [-0.1, -0.05) is 121 Å². The molecule has 0 aromatic heterocycles. The fourth-order valence-electron chi connectivity index (χ4n) is 6.40. The van der Waals surface area contributed by atoms with E-state index in [9.17, 15) is 0 Å². The number of rotatable bonds is 0. The first-order chi connectivity index (χ1) is 17.3. The molecule has 0 fully saturated rings. The number of ether oxygens (including phenoxy) is 1. The Hall–Kier alpha value is -4.07. The molecule has 35 heavy (non-hydrogen) atoms. The van der Waals surface area contributed by atoms with E-state index in [0.717, 1.165) is 43.8 Å². The second-order valence-corrected chi connectivity index (χ2v) is 9.79. The molecule has 6 aromatic carbocycles. The Labute approximate surface area is 208 Å². The molecular weight excluding hydrogens is 448 g/mol. The van der Waals surface area contributed by atoms with Gasteiger partial charge in [0.25, 0.3) is 0 Å². The van der Waals surface area contributed by atoms with Crippen molar-refractivity contribution in [3.8, 4) is 22.6 Å². The highest BCUT2D eigenvalue weighted by Gasteiger charge is 2.51. The zero-order valence-corrected chi connectivity index (χ0v) is 19.5. The van der Waals surface area contributed by atoms with E-state index in [1.165, 1.54) is 27.6 Å². The van der Waals surface area contributed by atoms with Crippen molar-refractivity contribution in [1.29, 1.82) is 0 Å². The molecule has 2 heteroatoms. The van der Waals surface area contributed by atoms with Crippen LogP contribution in [-0.2, 0) is 5.41 Å². The molecule has 0 bridgehead atoms. The molecule has 0 radical (unpaired) electrons. The highest BCUT2D eigenvalue weighted by molar-refractivity contribution is 6.36. The van der Waals surface area contributed by atoms with Gasteiger partial charge in [0.05, 0.1) is 5.41 Å². The molecule has 0 amide bonds. The second kappa shape index (κ2) is 6.75. The van der Waals surface area contributed by atoms with E-state index in [2.05, 4.69) is 109 Å². The minimum Gasteiger partial charge on any atom is -0.455 e. The first-order valence-electron chi connectivity index (χ1n) is 11.9. The first kappa shape index (κ1) is 19.3. The van der Waals surface area contributed by atoms with Gasteiger partial charge in [-0.3, -0.25) is 0 Å². The van der Waals surface area contributed by atoms with Crippen LogP contribution in [0.2, 0.25) is 5.02 Å². The average Bonchev–Trinajstić information content (AvgIpc) is 3.21. The van der Waals surface area contributed by atoms with E-state index in [1.54, 1.807) is 0 Å². The highest BCUT2D eigenvalue weighted by atomic mass is 35.5. The van der Waals surface area contributed by atoms with Gasteiger partial charge in [0.15, 0.2) is 0 Å². The molecule has 6 aromatic rings. The molecule has 0 N–H and O–H groups in total. The molecule has 1 spiro atoms. The maximum Gasteiger partial charge on any atom is 0.140 e. The summed E-state index contributed by atoms with van der Waals surface area (Å²) in [5.74, 6) is 1.81. The SMILES string of the molecule is Clc1cc2c(c3ccccc13)Oc1c(ccc3ccccc13)C21c2ccccc2-c2ccccc21. The lowest BCUT2D eigenvalue weighted by molar-refractivity contribution is 0.447. The summed E-state index contributed by atoms with van der Waals surface area (Å²) in [5.41, 5.74) is 6.81. The van der Waals surface area contributed by atoms with E-state index in [0.29, 0.717) is 0 Å². The smallest absolute Gasteiger partial charge is 0.140 e. The number of hydrogen-bond donors (Lipinski definition) is 0. The summed E-state index contributed by atoms with van der Waals surface area (Å²) in [6.45, 7) is 0. The maximum atomic E-state index is 6.98. The molecule has 0 unspecified atom stereocenters. The van der Waals surface area contributed by atoms with Crippen LogP contribution in [0.25, 0.3) is 32.7 Å². The molecule has 1 aliphatic carbocycles. The van der Waals surface area contributed by atoms with Crippen molar-refractivity contribution in [3.05, 3.63) is 143 Å². The lowest BCUT2D eigenvalue weighted by Gasteiger charge is -2.40. The zero-order valence-electron chi connectivity index (χ0n) is 18.8. The van der Waals surface area contributed by atoms with E-state index < -0.39 is 5.41 Å². The molecule has 8 rings (SSSR count). The van der Waals surface area contributed by atoms with E-state index in [-0.39, 0.29) is 0 Å². The Bertz CT molecular complexity index is 1800. The zero-order chi connectivity index (χ0) is 23.1. The summed E-state index contributed by atoms with van der Waals surface area (Å²) in [4.78, 5) is 0. The van der Waals surface area contributed by atoms with Crippen molar-refractivity contribution < 1.29 is 4.74 Å². The molecule has 0 saturated carbocycles. The van der Waals surface area contributed by atoms with Gasteiger partial charge in [-0.25, -0.2) is 0 Å². The van der Waals surface area contributed by atoms with Crippen LogP contribution in [0.15, 0.2) is 115 Å². The van der Waals surface area contributed by atoms with Gasteiger partial charge in [0.2, 0.25) is 0 Å². The van der Waals surface area contributed by atoms with Crippen LogP contribution >= 0.6 is 11.6 Å². The van der Waals surface area contributed by atoms with Crippen molar-refractivity contribution in [2.75, 3.05) is 0 Å². The van der Waals surface area contributed by atoms with Gasteiger partial charge >= 0.3 is 0 Å². The maximum absolute atomic E-state index is 6.98. The molecule has 0 atom stereocenters. The van der Waals surface area contributed by atoms with Gasteiger partial charge in [-0.15, -0.1) is 0 Å². The van der Waals surface area contributed by atoms with Gasteiger partial charge in [-0.2, -0.15) is 0 Å². The van der Waals surface area contributed by atoms with E-state index >= 15 is 0 Å². The summed E-state index contributed by atoms with van der Waals surface area (Å²) in [7, 11) is 0. The van der Waals surface area contributed by atoms with Crippen LogP contribution in [0, 0.1) is 0 Å². The highest BCUT2D eigenvalue weighted by Crippen LogP contribution is 2.64. The van der Waals surface area contributed by atoms with Gasteiger partial charge in [0, 0.05) is 32.3 Å². The van der Waals surface area contributed by atoms with Crippen LogP contribution in [-0.4, -0.2) is 0 Å².